The minimum Gasteiger partial charge on any atom is -0.463 e. The van der Waals surface area contributed by atoms with Crippen LogP contribution in [0.3, 0.4) is 0 Å². The first-order valence-electron chi connectivity index (χ1n) is 6.61. The lowest BCUT2D eigenvalue weighted by molar-refractivity contribution is -0.152. The molecule has 0 aliphatic heterocycles. The lowest BCUT2D eigenvalue weighted by Crippen LogP contribution is -2.25. The van der Waals surface area contributed by atoms with Crippen LogP contribution >= 0.6 is 0 Å². The van der Waals surface area contributed by atoms with Crippen molar-refractivity contribution in [3.8, 4) is 0 Å². The Bertz CT molecular complexity index is 194. The Morgan fingerprint density at radius 1 is 1.24 bits per heavy atom. The molecule has 0 rings (SSSR count). The molecule has 0 radical (unpaired) electrons. The fourth-order valence-electron chi connectivity index (χ4n) is 1.66. The monoisotopic (exact) mass is 246 g/mol. The standard InChI is InChI=1S/C13H26O4/c1-3-5-6-7-8-11(4-2)13(16)17-10-12(15)9-14/h11-12,14-15H,3-10H2,1-2H3. The molecule has 0 aromatic rings. The van der Waals surface area contributed by atoms with Crippen LogP contribution in [0.15, 0.2) is 0 Å². The van der Waals surface area contributed by atoms with Crippen LogP contribution in [0, 0.1) is 5.92 Å². The van der Waals surface area contributed by atoms with Crippen molar-refractivity contribution in [1.82, 2.24) is 0 Å². The molecule has 0 aliphatic carbocycles. The van der Waals surface area contributed by atoms with E-state index in [1.807, 2.05) is 6.92 Å². The lowest BCUT2D eigenvalue weighted by atomic mass is 9.98. The molecular weight excluding hydrogens is 220 g/mol. The molecule has 2 N–H and O–H groups in total. The summed E-state index contributed by atoms with van der Waals surface area (Å²) in [5.74, 6) is -0.325. The fraction of sp³-hybridized carbons (Fsp3) is 0.923. The normalized spacial score (nSPS) is 14.4. The predicted octanol–water partition coefficient (Wildman–Crippen LogP) is 1.88. The summed E-state index contributed by atoms with van der Waals surface area (Å²) in [6.07, 6.45) is 5.24. The van der Waals surface area contributed by atoms with E-state index in [1.54, 1.807) is 0 Å². The zero-order chi connectivity index (χ0) is 13.1. The Morgan fingerprint density at radius 2 is 1.94 bits per heavy atom. The van der Waals surface area contributed by atoms with Gasteiger partial charge in [0.05, 0.1) is 12.5 Å². The minimum atomic E-state index is -0.962. The van der Waals surface area contributed by atoms with Gasteiger partial charge in [-0.2, -0.15) is 0 Å². The van der Waals surface area contributed by atoms with Crippen LogP contribution in [-0.4, -0.2) is 35.5 Å². The lowest BCUT2D eigenvalue weighted by Gasteiger charge is -2.15. The summed E-state index contributed by atoms with van der Waals surface area (Å²) in [7, 11) is 0. The van der Waals surface area contributed by atoms with E-state index >= 15 is 0 Å². The van der Waals surface area contributed by atoms with Gasteiger partial charge in [-0.1, -0.05) is 39.5 Å². The maximum absolute atomic E-state index is 11.6. The molecule has 0 amide bonds. The summed E-state index contributed by atoms with van der Waals surface area (Å²) in [6, 6.07) is 0. The first-order valence-corrected chi connectivity index (χ1v) is 6.61. The number of ether oxygens (including phenoxy) is 1. The molecule has 0 bridgehead atoms. The summed E-state index contributed by atoms with van der Waals surface area (Å²) >= 11 is 0. The van der Waals surface area contributed by atoms with Crippen molar-refractivity contribution in [3.05, 3.63) is 0 Å². The Balaban J connectivity index is 3.79. The van der Waals surface area contributed by atoms with Crippen LogP contribution in [0.4, 0.5) is 0 Å². The molecule has 0 saturated carbocycles. The number of unbranched alkanes of at least 4 members (excludes halogenated alkanes) is 3. The van der Waals surface area contributed by atoms with Crippen LogP contribution in [-0.2, 0) is 9.53 Å². The van der Waals surface area contributed by atoms with Gasteiger partial charge in [-0.15, -0.1) is 0 Å². The van der Waals surface area contributed by atoms with Gasteiger partial charge >= 0.3 is 5.97 Å². The van der Waals surface area contributed by atoms with Crippen LogP contribution < -0.4 is 0 Å². The van der Waals surface area contributed by atoms with Gasteiger partial charge in [-0.05, 0) is 12.8 Å². The van der Waals surface area contributed by atoms with Crippen molar-refractivity contribution in [2.45, 2.75) is 58.5 Å². The third-order valence-corrected chi connectivity index (χ3v) is 2.86. The van der Waals surface area contributed by atoms with Gasteiger partial charge in [-0.25, -0.2) is 0 Å². The van der Waals surface area contributed by atoms with E-state index in [0.717, 1.165) is 25.7 Å². The van der Waals surface area contributed by atoms with E-state index in [1.165, 1.54) is 12.8 Å². The van der Waals surface area contributed by atoms with E-state index in [2.05, 4.69) is 6.92 Å². The number of carbonyl (C=O) groups is 1. The average Bonchev–Trinajstić information content (AvgIpc) is 2.35. The largest absolute Gasteiger partial charge is 0.463 e. The molecule has 2 atom stereocenters. The third kappa shape index (κ3) is 8.16. The average molecular weight is 246 g/mol. The molecule has 0 fully saturated rings. The smallest absolute Gasteiger partial charge is 0.309 e. The fourth-order valence-corrected chi connectivity index (χ4v) is 1.66. The Hall–Kier alpha value is -0.610. The highest BCUT2D eigenvalue weighted by molar-refractivity contribution is 5.72. The van der Waals surface area contributed by atoms with E-state index in [-0.39, 0.29) is 25.1 Å². The van der Waals surface area contributed by atoms with E-state index in [4.69, 9.17) is 14.9 Å². The maximum Gasteiger partial charge on any atom is 0.309 e. The predicted molar refractivity (Wildman–Crippen MR) is 66.6 cm³/mol. The van der Waals surface area contributed by atoms with Crippen molar-refractivity contribution in [3.63, 3.8) is 0 Å². The van der Waals surface area contributed by atoms with Crippen molar-refractivity contribution in [1.29, 1.82) is 0 Å². The molecule has 2 unspecified atom stereocenters. The van der Waals surface area contributed by atoms with E-state index < -0.39 is 6.10 Å². The Kier molecular flexibility index (Phi) is 10.2. The third-order valence-electron chi connectivity index (χ3n) is 2.86. The number of aliphatic hydroxyl groups is 2. The molecule has 4 heteroatoms. The van der Waals surface area contributed by atoms with Crippen LogP contribution in [0.5, 0.6) is 0 Å². The van der Waals surface area contributed by atoms with Crippen molar-refractivity contribution < 1.29 is 19.7 Å². The molecular formula is C13H26O4. The van der Waals surface area contributed by atoms with Gasteiger partial charge in [0.25, 0.3) is 0 Å². The summed E-state index contributed by atoms with van der Waals surface area (Å²) in [5, 5.41) is 17.7. The van der Waals surface area contributed by atoms with Gasteiger partial charge in [-0.3, -0.25) is 4.79 Å². The zero-order valence-corrected chi connectivity index (χ0v) is 11.0. The second-order valence-electron chi connectivity index (χ2n) is 4.42. The number of carbonyl (C=O) groups excluding carboxylic acids is 1. The SMILES string of the molecule is CCCCCCC(CC)C(=O)OCC(O)CO. The molecule has 0 aliphatic rings. The maximum atomic E-state index is 11.6. The number of aliphatic hydroxyl groups excluding tert-OH is 2. The van der Waals surface area contributed by atoms with E-state index in [9.17, 15) is 4.79 Å². The summed E-state index contributed by atoms with van der Waals surface area (Å²) in [6.45, 7) is 3.64. The van der Waals surface area contributed by atoms with Crippen LogP contribution in [0.25, 0.3) is 0 Å². The molecule has 0 aromatic carbocycles. The number of esters is 1. The highest BCUT2D eigenvalue weighted by Gasteiger charge is 2.18. The summed E-state index contributed by atoms with van der Waals surface area (Å²) in [4.78, 5) is 11.6. The quantitative estimate of drug-likeness (QED) is 0.456. The topological polar surface area (TPSA) is 66.8 Å². The second kappa shape index (κ2) is 10.5. The van der Waals surface area contributed by atoms with Crippen molar-refractivity contribution >= 4 is 5.97 Å². The highest BCUT2D eigenvalue weighted by atomic mass is 16.5. The molecule has 0 aromatic heterocycles. The van der Waals surface area contributed by atoms with Gasteiger partial charge in [0.2, 0.25) is 0 Å². The van der Waals surface area contributed by atoms with Crippen molar-refractivity contribution in [2.24, 2.45) is 5.92 Å². The first kappa shape index (κ1) is 16.4. The first-order chi connectivity index (χ1) is 8.15. The van der Waals surface area contributed by atoms with Gasteiger partial charge in [0.15, 0.2) is 0 Å². The second-order valence-corrected chi connectivity index (χ2v) is 4.42. The minimum absolute atomic E-state index is 0.0715. The molecule has 0 spiro atoms. The van der Waals surface area contributed by atoms with Gasteiger partial charge < -0.3 is 14.9 Å². The van der Waals surface area contributed by atoms with Crippen molar-refractivity contribution in [2.75, 3.05) is 13.2 Å². The molecule has 0 heterocycles. The number of rotatable bonds is 10. The van der Waals surface area contributed by atoms with Crippen LogP contribution in [0.2, 0.25) is 0 Å². The van der Waals surface area contributed by atoms with Gasteiger partial charge in [0, 0.05) is 0 Å². The molecule has 17 heavy (non-hydrogen) atoms. The van der Waals surface area contributed by atoms with E-state index in [0.29, 0.717) is 0 Å². The summed E-state index contributed by atoms with van der Waals surface area (Å²) in [5.41, 5.74) is 0. The molecule has 0 saturated heterocycles. The van der Waals surface area contributed by atoms with Gasteiger partial charge in [0.1, 0.15) is 12.7 Å². The zero-order valence-electron chi connectivity index (χ0n) is 11.0. The molecule has 102 valence electrons. The highest BCUT2D eigenvalue weighted by Crippen LogP contribution is 2.16. The number of hydrogen-bond acceptors (Lipinski definition) is 4. The summed E-state index contributed by atoms with van der Waals surface area (Å²) < 4.78 is 4.96. The Morgan fingerprint density at radius 3 is 2.47 bits per heavy atom. The molecule has 4 nitrogen and oxygen atoms in total. The number of hydrogen-bond donors (Lipinski definition) is 2. The van der Waals surface area contributed by atoms with Crippen LogP contribution in [0.1, 0.15) is 52.4 Å². The Labute approximate surface area is 104 Å².